The van der Waals surface area contributed by atoms with E-state index in [1.807, 2.05) is 13.8 Å². The van der Waals surface area contributed by atoms with Gasteiger partial charge in [-0.3, -0.25) is 0 Å². The molecule has 0 spiro atoms. The van der Waals surface area contributed by atoms with Crippen LogP contribution in [0.3, 0.4) is 0 Å². The smallest absolute Gasteiger partial charge is 0.331 e. The molecule has 0 aliphatic rings. The lowest BCUT2D eigenvalue weighted by molar-refractivity contribution is -0.399. The maximum Gasteiger partial charge on any atom is 0.416 e. The molecule has 0 bridgehead atoms. The molecule has 1 aromatic rings. The highest BCUT2D eigenvalue weighted by Gasteiger charge is 2.41. The molecule has 3 nitrogen and oxygen atoms in total. The van der Waals surface area contributed by atoms with E-state index in [0.717, 1.165) is 38.2 Å². The van der Waals surface area contributed by atoms with Crippen LogP contribution in [-0.4, -0.2) is 26.3 Å². The van der Waals surface area contributed by atoms with E-state index in [2.05, 4.69) is 6.92 Å². The topological polar surface area (TPSA) is 27.7 Å². The van der Waals surface area contributed by atoms with Crippen LogP contribution in [0.1, 0.15) is 89.7 Å². The normalized spacial score (nSPS) is 13.7. The van der Waals surface area contributed by atoms with Crippen molar-refractivity contribution in [3.05, 3.63) is 35.4 Å². The third-order valence-corrected chi connectivity index (χ3v) is 5.65. The summed E-state index contributed by atoms with van der Waals surface area (Å²) in [5, 5.41) is 0. The first-order chi connectivity index (χ1) is 14.7. The summed E-state index contributed by atoms with van der Waals surface area (Å²) in [7, 11) is 3.18. The minimum atomic E-state index is -4.32. The van der Waals surface area contributed by atoms with E-state index in [-0.39, 0.29) is 12.0 Å². The largest absolute Gasteiger partial charge is 0.416 e. The van der Waals surface area contributed by atoms with Gasteiger partial charge < -0.3 is 14.2 Å². The second-order valence-electron chi connectivity index (χ2n) is 8.52. The Morgan fingerprint density at radius 1 is 0.871 bits per heavy atom. The Labute approximate surface area is 186 Å². The van der Waals surface area contributed by atoms with Crippen molar-refractivity contribution in [3.63, 3.8) is 0 Å². The summed E-state index contributed by atoms with van der Waals surface area (Å²) >= 11 is 0. The fraction of sp³-hybridized carbons (Fsp3) is 0.760. The van der Waals surface area contributed by atoms with Crippen LogP contribution in [0.25, 0.3) is 0 Å². The SMILES string of the molecule is CCCCCCCCC(CCCc1cccc(C(F)(F)F)c1)C(OC)(OC)OC(C)C. The Kier molecular flexibility index (Phi) is 12.7. The van der Waals surface area contributed by atoms with E-state index in [4.69, 9.17) is 14.2 Å². The predicted octanol–water partition coefficient (Wildman–Crippen LogP) is 7.77. The zero-order chi connectivity index (χ0) is 23.3. The Bertz CT molecular complexity index is 598. The molecule has 1 atom stereocenters. The molecular formula is C25H41F3O3. The number of aryl methyl sites for hydroxylation is 1. The standard InChI is InChI=1S/C25H41F3O3/c1-6-7-8-9-10-11-16-22(25(29-4,30-5)31-20(2)3)17-12-14-21-15-13-18-23(19-21)24(26,27)28/h13,15,18-20,22H,6-12,14,16-17H2,1-5H3. The van der Waals surface area contributed by atoms with Gasteiger partial charge in [0.25, 0.3) is 5.97 Å². The van der Waals surface area contributed by atoms with Crippen molar-refractivity contribution in [2.45, 2.75) is 103 Å². The zero-order valence-electron chi connectivity index (χ0n) is 19.9. The Balaban J connectivity index is 2.78. The summed E-state index contributed by atoms with van der Waals surface area (Å²) < 4.78 is 56.5. The lowest BCUT2D eigenvalue weighted by Crippen LogP contribution is -2.46. The Morgan fingerprint density at radius 2 is 1.48 bits per heavy atom. The van der Waals surface area contributed by atoms with Crippen LogP contribution in [0.15, 0.2) is 24.3 Å². The van der Waals surface area contributed by atoms with Crippen LogP contribution in [0.5, 0.6) is 0 Å². The monoisotopic (exact) mass is 446 g/mol. The number of alkyl halides is 3. The molecule has 1 aromatic carbocycles. The fourth-order valence-electron chi connectivity index (χ4n) is 4.06. The number of rotatable bonds is 16. The summed E-state index contributed by atoms with van der Waals surface area (Å²) in [6, 6.07) is 5.58. The molecule has 0 fully saturated rings. The van der Waals surface area contributed by atoms with Gasteiger partial charge in [-0.2, -0.15) is 13.2 Å². The van der Waals surface area contributed by atoms with Crippen LogP contribution >= 0.6 is 0 Å². The molecule has 0 aromatic heterocycles. The Morgan fingerprint density at radius 3 is 2.06 bits per heavy atom. The predicted molar refractivity (Wildman–Crippen MR) is 119 cm³/mol. The van der Waals surface area contributed by atoms with Crippen molar-refractivity contribution in [1.82, 2.24) is 0 Å². The van der Waals surface area contributed by atoms with E-state index in [9.17, 15) is 13.2 Å². The van der Waals surface area contributed by atoms with Crippen molar-refractivity contribution < 1.29 is 27.4 Å². The van der Waals surface area contributed by atoms with Crippen molar-refractivity contribution in [2.24, 2.45) is 5.92 Å². The number of benzene rings is 1. The number of unbranched alkanes of at least 4 members (excludes halogenated alkanes) is 5. The summed E-state index contributed by atoms with van der Waals surface area (Å²) in [6.07, 6.45) is 5.69. The van der Waals surface area contributed by atoms with Crippen molar-refractivity contribution in [3.8, 4) is 0 Å². The third-order valence-electron chi connectivity index (χ3n) is 5.65. The molecule has 1 rings (SSSR count). The number of hydrogen-bond acceptors (Lipinski definition) is 3. The first-order valence-corrected chi connectivity index (χ1v) is 11.6. The van der Waals surface area contributed by atoms with Crippen LogP contribution < -0.4 is 0 Å². The molecule has 0 saturated heterocycles. The fourth-order valence-corrected chi connectivity index (χ4v) is 4.06. The van der Waals surface area contributed by atoms with Gasteiger partial charge >= 0.3 is 6.18 Å². The molecule has 31 heavy (non-hydrogen) atoms. The molecule has 180 valence electrons. The molecule has 0 amide bonds. The highest BCUT2D eigenvalue weighted by molar-refractivity contribution is 5.25. The van der Waals surface area contributed by atoms with Crippen LogP contribution in [0, 0.1) is 5.92 Å². The summed E-state index contributed by atoms with van der Waals surface area (Å²) in [5.41, 5.74) is 0.0956. The van der Waals surface area contributed by atoms with Crippen molar-refractivity contribution in [2.75, 3.05) is 14.2 Å². The van der Waals surface area contributed by atoms with Gasteiger partial charge in [0.1, 0.15) is 0 Å². The minimum absolute atomic E-state index is 0.00174. The molecule has 0 aliphatic heterocycles. The second-order valence-corrected chi connectivity index (χ2v) is 8.52. The number of halogens is 3. The van der Waals surface area contributed by atoms with Crippen LogP contribution in [0.2, 0.25) is 0 Å². The highest BCUT2D eigenvalue weighted by Crippen LogP contribution is 2.35. The number of hydrogen-bond donors (Lipinski definition) is 0. The van der Waals surface area contributed by atoms with Gasteiger partial charge in [-0.1, -0.05) is 63.6 Å². The molecule has 1 unspecified atom stereocenters. The quantitative estimate of drug-likeness (QED) is 0.192. The third kappa shape index (κ3) is 9.92. The van der Waals surface area contributed by atoms with E-state index in [0.29, 0.717) is 12.0 Å². The van der Waals surface area contributed by atoms with E-state index >= 15 is 0 Å². The number of methoxy groups -OCH3 is 2. The average molecular weight is 447 g/mol. The molecular weight excluding hydrogens is 405 g/mol. The van der Waals surface area contributed by atoms with Gasteiger partial charge in [0.2, 0.25) is 0 Å². The van der Waals surface area contributed by atoms with E-state index in [1.165, 1.54) is 37.8 Å². The summed E-state index contributed by atoms with van der Waals surface area (Å²) in [6.45, 7) is 6.09. The van der Waals surface area contributed by atoms with E-state index in [1.54, 1.807) is 20.3 Å². The van der Waals surface area contributed by atoms with Gasteiger partial charge in [0, 0.05) is 20.1 Å². The van der Waals surface area contributed by atoms with Gasteiger partial charge in [-0.25, -0.2) is 0 Å². The summed E-state index contributed by atoms with van der Waals surface area (Å²) in [5.74, 6) is -1.13. The molecule has 0 aliphatic carbocycles. The van der Waals surface area contributed by atoms with Crippen LogP contribution in [-0.2, 0) is 26.8 Å². The summed E-state index contributed by atoms with van der Waals surface area (Å²) in [4.78, 5) is 0. The maximum atomic E-state index is 13.0. The Hall–Kier alpha value is -1.11. The van der Waals surface area contributed by atoms with E-state index < -0.39 is 17.7 Å². The average Bonchev–Trinajstić information content (AvgIpc) is 2.72. The molecule has 0 N–H and O–H groups in total. The van der Waals surface area contributed by atoms with Gasteiger partial charge in [0.15, 0.2) is 0 Å². The lowest BCUT2D eigenvalue weighted by atomic mass is 9.91. The van der Waals surface area contributed by atoms with Gasteiger partial charge in [-0.05, 0) is 51.2 Å². The van der Waals surface area contributed by atoms with Gasteiger partial charge in [-0.15, -0.1) is 0 Å². The molecule has 0 heterocycles. The molecule has 0 radical (unpaired) electrons. The number of ether oxygens (including phenoxy) is 3. The minimum Gasteiger partial charge on any atom is -0.331 e. The van der Waals surface area contributed by atoms with Crippen molar-refractivity contribution in [1.29, 1.82) is 0 Å². The maximum absolute atomic E-state index is 13.0. The van der Waals surface area contributed by atoms with Gasteiger partial charge in [0.05, 0.1) is 11.7 Å². The van der Waals surface area contributed by atoms with Crippen LogP contribution in [0.4, 0.5) is 13.2 Å². The first-order valence-electron chi connectivity index (χ1n) is 11.6. The zero-order valence-corrected chi connectivity index (χ0v) is 19.9. The second kappa shape index (κ2) is 14.1. The molecule has 0 saturated carbocycles. The highest BCUT2D eigenvalue weighted by atomic mass is 19.4. The first kappa shape index (κ1) is 27.9. The molecule has 6 heteroatoms. The van der Waals surface area contributed by atoms with Crippen molar-refractivity contribution >= 4 is 0 Å². The lowest BCUT2D eigenvalue weighted by Gasteiger charge is -2.39.